The van der Waals surface area contributed by atoms with Crippen LogP contribution in [-0.4, -0.2) is 37.8 Å². The number of aliphatic hydroxyl groups is 1. The lowest BCUT2D eigenvalue weighted by molar-refractivity contribution is 0.210. The SMILES string of the molecule is COc1cccc(C(CCO)N(C)C)c1. The van der Waals surface area contributed by atoms with Crippen LogP contribution >= 0.6 is 0 Å². The predicted molar refractivity (Wildman–Crippen MR) is 61.1 cm³/mol. The summed E-state index contributed by atoms with van der Waals surface area (Å²) in [6, 6.07) is 8.21. The number of nitrogens with zero attached hydrogens (tertiary/aromatic N) is 1. The van der Waals surface area contributed by atoms with Gasteiger partial charge < -0.3 is 14.7 Å². The van der Waals surface area contributed by atoms with E-state index in [1.54, 1.807) is 7.11 Å². The molecule has 0 aliphatic heterocycles. The molecule has 1 atom stereocenters. The van der Waals surface area contributed by atoms with Crippen LogP contribution in [0.4, 0.5) is 0 Å². The Balaban J connectivity index is 2.89. The van der Waals surface area contributed by atoms with Crippen molar-refractivity contribution < 1.29 is 9.84 Å². The van der Waals surface area contributed by atoms with Crippen LogP contribution in [0.15, 0.2) is 24.3 Å². The average molecular weight is 209 g/mol. The van der Waals surface area contributed by atoms with Crippen LogP contribution < -0.4 is 4.74 Å². The van der Waals surface area contributed by atoms with Crippen molar-refractivity contribution in [2.75, 3.05) is 27.8 Å². The van der Waals surface area contributed by atoms with Gasteiger partial charge in [0, 0.05) is 12.6 Å². The number of ether oxygens (including phenoxy) is 1. The van der Waals surface area contributed by atoms with E-state index in [4.69, 9.17) is 9.84 Å². The molecule has 0 radical (unpaired) electrons. The maximum Gasteiger partial charge on any atom is 0.119 e. The van der Waals surface area contributed by atoms with Gasteiger partial charge >= 0.3 is 0 Å². The van der Waals surface area contributed by atoms with E-state index in [2.05, 4.69) is 11.0 Å². The van der Waals surface area contributed by atoms with E-state index < -0.39 is 0 Å². The molecule has 1 aromatic carbocycles. The molecule has 0 spiro atoms. The van der Waals surface area contributed by atoms with Crippen molar-refractivity contribution in [2.24, 2.45) is 0 Å². The van der Waals surface area contributed by atoms with Gasteiger partial charge in [0.15, 0.2) is 0 Å². The maximum atomic E-state index is 9.02. The molecule has 0 fully saturated rings. The number of hydrogen-bond acceptors (Lipinski definition) is 3. The van der Waals surface area contributed by atoms with Crippen molar-refractivity contribution in [1.82, 2.24) is 4.90 Å². The second-order valence-electron chi connectivity index (χ2n) is 3.77. The van der Waals surface area contributed by atoms with Crippen molar-refractivity contribution in [3.63, 3.8) is 0 Å². The quantitative estimate of drug-likeness (QED) is 0.801. The molecule has 0 aliphatic carbocycles. The first kappa shape index (κ1) is 12.0. The minimum absolute atomic E-state index is 0.195. The lowest BCUT2D eigenvalue weighted by Gasteiger charge is -2.24. The normalized spacial score (nSPS) is 12.9. The molecule has 0 aromatic heterocycles. The lowest BCUT2D eigenvalue weighted by Crippen LogP contribution is -2.21. The van der Waals surface area contributed by atoms with Gasteiger partial charge in [-0.2, -0.15) is 0 Å². The van der Waals surface area contributed by atoms with Crippen LogP contribution in [0.3, 0.4) is 0 Å². The summed E-state index contributed by atoms with van der Waals surface area (Å²) >= 11 is 0. The average Bonchev–Trinajstić information content (AvgIpc) is 2.25. The number of benzene rings is 1. The van der Waals surface area contributed by atoms with Gasteiger partial charge in [-0.25, -0.2) is 0 Å². The van der Waals surface area contributed by atoms with Crippen molar-refractivity contribution in [2.45, 2.75) is 12.5 Å². The molecule has 3 heteroatoms. The van der Waals surface area contributed by atoms with E-state index in [-0.39, 0.29) is 12.6 Å². The number of hydrogen-bond donors (Lipinski definition) is 1. The lowest BCUT2D eigenvalue weighted by atomic mass is 10.0. The van der Waals surface area contributed by atoms with E-state index in [0.717, 1.165) is 12.2 Å². The van der Waals surface area contributed by atoms with Gasteiger partial charge in [-0.05, 0) is 38.2 Å². The molecule has 84 valence electrons. The largest absolute Gasteiger partial charge is 0.497 e. The first-order valence-electron chi connectivity index (χ1n) is 5.10. The van der Waals surface area contributed by atoms with E-state index >= 15 is 0 Å². The zero-order chi connectivity index (χ0) is 11.3. The summed E-state index contributed by atoms with van der Waals surface area (Å²) in [5.74, 6) is 0.859. The summed E-state index contributed by atoms with van der Waals surface area (Å²) in [6.45, 7) is 0.195. The first-order valence-corrected chi connectivity index (χ1v) is 5.10. The van der Waals surface area contributed by atoms with Gasteiger partial charge in [-0.1, -0.05) is 12.1 Å². The highest BCUT2D eigenvalue weighted by atomic mass is 16.5. The summed E-state index contributed by atoms with van der Waals surface area (Å²) < 4.78 is 5.18. The van der Waals surface area contributed by atoms with E-state index in [1.165, 1.54) is 5.56 Å². The molecule has 3 nitrogen and oxygen atoms in total. The van der Waals surface area contributed by atoms with Crippen molar-refractivity contribution in [1.29, 1.82) is 0 Å². The summed E-state index contributed by atoms with van der Waals surface area (Å²) in [6.07, 6.45) is 0.736. The molecule has 1 N–H and O–H groups in total. The second-order valence-corrected chi connectivity index (χ2v) is 3.77. The van der Waals surface area contributed by atoms with Gasteiger partial charge in [-0.15, -0.1) is 0 Å². The van der Waals surface area contributed by atoms with Crippen LogP contribution in [0.25, 0.3) is 0 Å². The highest BCUT2D eigenvalue weighted by Crippen LogP contribution is 2.24. The Labute approximate surface area is 91.3 Å². The fourth-order valence-electron chi connectivity index (χ4n) is 1.69. The van der Waals surface area contributed by atoms with E-state index in [9.17, 15) is 0 Å². The highest BCUT2D eigenvalue weighted by molar-refractivity contribution is 5.30. The van der Waals surface area contributed by atoms with Gasteiger partial charge in [0.2, 0.25) is 0 Å². The maximum absolute atomic E-state index is 9.02. The molecule has 0 heterocycles. The molecular weight excluding hydrogens is 190 g/mol. The third-order valence-electron chi connectivity index (χ3n) is 2.50. The topological polar surface area (TPSA) is 32.7 Å². The van der Waals surface area contributed by atoms with E-state index in [1.807, 2.05) is 32.3 Å². The minimum atomic E-state index is 0.195. The zero-order valence-electron chi connectivity index (χ0n) is 9.60. The standard InChI is InChI=1S/C12H19NO2/c1-13(2)12(7-8-14)10-5-4-6-11(9-10)15-3/h4-6,9,12,14H,7-8H2,1-3H3. The highest BCUT2D eigenvalue weighted by Gasteiger charge is 2.13. The molecule has 1 rings (SSSR count). The Morgan fingerprint density at radius 2 is 2.13 bits per heavy atom. The van der Waals surface area contributed by atoms with Crippen LogP contribution in [0.5, 0.6) is 5.75 Å². The van der Waals surface area contributed by atoms with E-state index in [0.29, 0.717) is 0 Å². The first-order chi connectivity index (χ1) is 7.19. The summed E-state index contributed by atoms with van der Waals surface area (Å²) in [7, 11) is 5.69. The molecule has 0 saturated carbocycles. The Morgan fingerprint density at radius 1 is 1.40 bits per heavy atom. The third-order valence-corrected chi connectivity index (χ3v) is 2.50. The van der Waals surface area contributed by atoms with Crippen molar-refractivity contribution >= 4 is 0 Å². The Bertz CT molecular complexity index is 299. The zero-order valence-corrected chi connectivity index (χ0v) is 9.60. The number of aliphatic hydroxyl groups excluding tert-OH is 1. The van der Waals surface area contributed by atoms with Crippen LogP contribution in [0.1, 0.15) is 18.0 Å². The predicted octanol–water partition coefficient (Wildman–Crippen LogP) is 1.68. The monoisotopic (exact) mass is 209 g/mol. The number of methoxy groups -OCH3 is 1. The smallest absolute Gasteiger partial charge is 0.119 e. The van der Waals surface area contributed by atoms with Crippen LogP contribution in [0.2, 0.25) is 0 Å². The summed E-state index contributed by atoms with van der Waals surface area (Å²) in [5.41, 5.74) is 1.17. The summed E-state index contributed by atoms with van der Waals surface area (Å²) in [5, 5.41) is 9.02. The van der Waals surface area contributed by atoms with Gasteiger partial charge in [-0.3, -0.25) is 0 Å². The fourth-order valence-corrected chi connectivity index (χ4v) is 1.69. The van der Waals surface area contributed by atoms with Crippen molar-refractivity contribution in [3.8, 4) is 5.75 Å². The Morgan fingerprint density at radius 3 is 2.67 bits per heavy atom. The second kappa shape index (κ2) is 5.73. The van der Waals surface area contributed by atoms with Gasteiger partial charge in [0.1, 0.15) is 5.75 Å². The molecule has 1 unspecified atom stereocenters. The molecule has 1 aromatic rings. The minimum Gasteiger partial charge on any atom is -0.497 e. The summed E-state index contributed by atoms with van der Waals surface area (Å²) in [4.78, 5) is 2.10. The third kappa shape index (κ3) is 3.22. The Hall–Kier alpha value is -1.06. The molecule has 0 amide bonds. The molecule has 0 bridgehead atoms. The molecular formula is C12H19NO2. The van der Waals surface area contributed by atoms with Crippen LogP contribution in [-0.2, 0) is 0 Å². The fraction of sp³-hybridized carbons (Fsp3) is 0.500. The molecule has 0 saturated heterocycles. The van der Waals surface area contributed by atoms with Gasteiger partial charge in [0.05, 0.1) is 7.11 Å². The number of rotatable bonds is 5. The Kier molecular flexibility index (Phi) is 4.59. The van der Waals surface area contributed by atoms with Gasteiger partial charge in [0.25, 0.3) is 0 Å². The molecule has 15 heavy (non-hydrogen) atoms. The van der Waals surface area contributed by atoms with Crippen LogP contribution in [0, 0.1) is 0 Å². The van der Waals surface area contributed by atoms with Crippen molar-refractivity contribution in [3.05, 3.63) is 29.8 Å². The molecule has 0 aliphatic rings.